The second kappa shape index (κ2) is 4.48. The molecule has 0 aliphatic carbocycles. The molecular formula is C9H9ClF3NO2. The third kappa shape index (κ3) is 2.58. The van der Waals surface area contributed by atoms with Crippen LogP contribution in [0.3, 0.4) is 0 Å². The Morgan fingerprint density at radius 3 is 2.38 bits per heavy atom. The summed E-state index contributed by atoms with van der Waals surface area (Å²) in [6.07, 6.45) is -4.58. The number of phenols is 1. The van der Waals surface area contributed by atoms with Gasteiger partial charge in [-0.1, -0.05) is 11.6 Å². The van der Waals surface area contributed by atoms with Crippen LogP contribution < -0.4 is 5.73 Å². The van der Waals surface area contributed by atoms with Crippen molar-refractivity contribution in [2.75, 3.05) is 6.61 Å². The minimum Gasteiger partial charge on any atom is -0.506 e. The van der Waals surface area contributed by atoms with E-state index in [2.05, 4.69) is 0 Å². The molecule has 90 valence electrons. The fraction of sp³-hybridized carbons (Fsp3) is 0.333. The van der Waals surface area contributed by atoms with Crippen LogP contribution in [0.1, 0.15) is 17.2 Å². The van der Waals surface area contributed by atoms with Crippen molar-refractivity contribution in [3.8, 4) is 5.75 Å². The molecule has 0 aliphatic heterocycles. The lowest BCUT2D eigenvalue weighted by atomic mass is 10.0. The summed E-state index contributed by atoms with van der Waals surface area (Å²) in [6, 6.07) is 0.159. The molecule has 0 aliphatic rings. The predicted octanol–water partition coefficient (Wildman–Crippen LogP) is 2.06. The number of hydrogen-bond acceptors (Lipinski definition) is 3. The van der Waals surface area contributed by atoms with Gasteiger partial charge in [-0.3, -0.25) is 0 Å². The number of rotatable bonds is 2. The molecule has 1 rings (SSSR count). The molecule has 3 nitrogen and oxygen atoms in total. The van der Waals surface area contributed by atoms with Gasteiger partial charge in [-0.15, -0.1) is 0 Å². The first-order valence-electron chi connectivity index (χ1n) is 4.23. The van der Waals surface area contributed by atoms with Gasteiger partial charge in [0.15, 0.2) is 0 Å². The van der Waals surface area contributed by atoms with Crippen molar-refractivity contribution >= 4 is 11.6 Å². The number of aliphatic hydroxyl groups is 1. The summed E-state index contributed by atoms with van der Waals surface area (Å²) in [5.74, 6) is -0.545. The predicted molar refractivity (Wildman–Crippen MR) is 52.1 cm³/mol. The monoisotopic (exact) mass is 255 g/mol. The van der Waals surface area contributed by atoms with Crippen molar-refractivity contribution in [2.24, 2.45) is 5.73 Å². The van der Waals surface area contributed by atoms with Crippen molar-refractivity contribution in [3.63, 3.8) is 0 Å². The number of aliphatic hydroxyl groups excluding tert-OH is 1. The van der Waals surface area contributed by atoms with E-state index in [9.17, 15) is 18.3 Å². The van der Waals surface area contributed by atoms with E-state index in [1.54, 1.807) is 0 Å². The molecule has 4 N–H and O–H groups in total. The third-order valence-electron chi connectivity index (χ3n) is 2.02. The quantitative estimate of drug-likeness (QED) is 0.758. The first kappa shape index (κ1) is 13.1. The van der Waals surface area contributed by atoms with Crippen LogP contribution in [-0.4, -0.2) is 16.8 Å². The average Bonchev–Trinajstić information content (AvgIpc) is 2.19. The Morgan fingerprint density at radius 1 is 1.38 bits per heavy atom. The van der Waals surface area contributed by atoms with Crippen LogP contribution >= 0.6 is 11.6 Å². The Labute approximate surface area is 94.3 Å². The van der Waals surface area contributed by atoms with Crippen molar-refractivity contribution in [1.82, 2.24) is 0 Å². The molecule has 0 aromatic heterocycles. The molecule has 1 aromatic rings. The van der Waals surface area contributed by atoms with Crippen molar-refractivity contribution in [2.45, 2.75) is 12.2 Å². The molecule has 1 aromatic carbocycles. The number of benzene rings is 1. The number of hydrogen-bond donors (Lipinski definition) is 3. The highest BCUT2D eigenvalue weighted by Gasteiger charge is 2.32. The second-order valence-electron chi connectivity index (χ2n) is 3.18. The largest absolute Gasteiger partial charge is 0.506 e. The van der Waals surface area contributed by atoms with E-state index in [1.165, 1.54) is 0 Å². The summed E-state index contributed by atoms with van der Waals surface area (Å²) in [4.78, 5) is 0. The van der Waals surface area contributed by atoms with Gasteiger partial charge in [-0.25, -0.2) is 0 Å². The summed E-state index contributed by atoms with van der Waals surface area (Å²) < 4.78 is 37.2. The summed E-state index contributed by atoms with van der Waals surface area (Å²) in [7, 11) is 0. The van der Waals surface area contributed by atoms with Gasteiger partial charge in [0.25, 0.3) is 0 Å². The lowest BCUT2D eigenvalue weighted by molar-refractivity contribution is -0.137. The lowest BCUT2D eigenvalue weighted by Gasteiger charge is -2.15. The van der Waals surface area contributed by atoms with E-state index in [0.717, 1.165) is 0 Å². The molecule has 0 spiro atoms. The molecule has 0 amide bonds. The normalized spacial score (nSPS) is 13.9. The molecule has 0 saturated heterocycles. The third-order valence-corrected chi connectivity index (χ3v) is 2.30. The number of phenolic OH excluding ortho intramolecular Hbond substituents is 1. The lowest BCUT2D eigenvalue weighted by Crippen LogP contribution is -2.16. The van der Waals surface area contributed by atoms with Gasteiger partial charge >= 0.3 is 6.18 Å². The highest BCUT2D eigenvalue weighted by Crippen LogP contribution is 2.38. The number of alkyl halides is 3. The average molecular weight is 256 g/mol. The van der Waals surface area contributed by atoms with Gasteiger partial charge in [0, 0.05) is 5.56 Å². The van der Waals surface area contributed by atoms with Gasteiger partial charge in [0.05, 0.1) is 23.2 Å². The fourth-order valence-electron chi connectivity index (χ4n) is 1.16. The second-order valence-corrected chi connectivity index (χ2v) is 3.59. The Kier molecular flexibility index (Phi) is 3.67. The molecule has 0 bridgehead atoms. The highest BCUT2D eigenvalue weighted by atomic mass is 35.5. The number of aromatic hydroxyl groups is 1. The van der Waals surface area contributed by atoms with Crippen LogP contribution in [0.5, 0.6) is 5.75 Å². The Morgan fingerprint density at radius 2 is 1.94 bits per heavy atom. The van der Waals surface area contributed by atoms with Gasteiger partial charge in [0.1, 0.15) is 5.75 Å². The Hall–Kier alpha value is -0.980. The summed E-state index contributed by atoms with van der Waals surface area (Å²) in [6.45, 7) is -0.592. The zero-order valence-electron chi connectivity index (χ0n) is 7.92. The highest BCUT2D eigenvalue weighted by molar-refractivity contribution is 6.32. The molecule has 0 fully saturated rings. The van der Waals surface area contributed by atoms with Gasteiger partial charge < -0.3 is 15.9 Å². The molecule has 7 heteroatoms. The Balaban J connectivity index is 3.33. The zero-order valence-corrected chi connectivity index (χ0v) is 8.68. The number of halogens is 4. The standard InChI is InChI=1S/C9H9ClF3NO2/c10-6-2-4(9(11,12)13)1-5(8(6)16)7(14)3-15/h1-2,7,15-16H,3,14H2/t7-/m1/s1. The van der Waals surface area contributed by atoms with Gasteiger partial charge in [-0.2, -0.15) is 13.2 Å². The van der Waals surface area contributed by atoms with Crippen LogP contribution in [-0.2, 0) is 6.18 Å². The van der Waals surface area contributed by atoms with Crippen molar-refractivity contribution in [3.05, 3.63) is 28.3 Å². The molecule has 0 saturated carbocycles. The topological polar surface area (TPSA) is 66.5 Å². The van der Waals surface area contributed by atoms with E-state index in [1.807, 2.05) is 0 Å². The van der Waals surface area contributed by atoms with Crippen LogP contribution in [0, 0.1) is 0 Å². The number of nitrogens with two attached hydrogens (primary N) is 1. The summed E-state index contributed by atoms with van der Waals surface area (Å²) >= 11 is 5.44. The Bertz CT molecular complexity index is 395. The van der Waals surface area contributed by atoms with Gasteiger partial charge in [0.2, 0.25) is 0 Å². The van der Waals surface area contributed by atoms with Crippen molar-refractivity contribution < 1.29 is 23.4 Å². The summed E-state index contributed by atoms with van der Waals surface area (Å²) in [5.41, 5.74) is 4.09. The molecule has 0 heterocycles. The van der Waals surface area contributed by atoms with E-state index in [4.69, 9.17) is 22.4 Å². The van der Waals surface area contributed by atoms with Crippen molar-refractivity contribution in [1.29, 1.82) is 0 Å². The molecule has 1 atom stereocenters. The van der Waals surface area contributed by atoms with Crippen LogP contribution in [0.15, 0.2) is 12.1 Å². The van der Waals surface area contributed by atoms with Crippen LogP contribution in [0.2, 0.25) is 5.02 Å². The van der Waals surface area contributed by atoms with E-state index in [-0.39, 0.29) is 5.56 Å². The minimum absolute atomic E-state index is 0.234. The SMILES string of the molecule is N[C@H](CO)c1cc(C(F)(F)F)cc(Cl)c1O. The maximum Gasteiger partial charge on any atom is 0.416 e. The van der Waals surface area contributed by atoms with Crippen LogP contribution in [0.4, 0.5) is 13.2 Å². The van der Waals surface area contributed by atoms with Crippen LogP contribution in [0.25, 0.3) is 0 Å². The maximum atomic E-state index is 12.4. The smallest absolute Gasteiger partial charge is 0.416 e. The molecular weight excluding hydrogens is 247 g/mol. The minimum atomic E-state index is -4.58. The first-order valence-corrected chi connectivity index (χ1v) is 4.61. The summed E-state index contributed by atoms with van der Waals surface area (Å²) in [5, 5.41) is 17.7. The molecule has 0 unspecified atom stereocenters. The van der Waals surface area contributed by atoms with E-state index >= 15 is 0 Å². The molecule has 16 heavy (non-hydrogen) atoms. The molecule has 0 radical (unpaired) electrons. The zero-order chi connectivity index (χ0) is 12.5. The first-order chi connectivity index (χ1) is 7.27. The maximum absolute atomic E-state index is 12.4. The van der Waals surface area contributed by atoms with Gasteiger partial charge in [-0.05, 0) is 12.1 Å². The fourth-order valence-corrected chi connectivity index (χ4v) is 1.39. The van der Waals surface area contributed by atoms with E-state index < -0.39 is 35.2 Å². The van der Waals surface area contributed by atoms with E-state index in [0.29, 0.717) is 12.1 Å².